The predicted molar refractivity (Wildman–Crippen MR) is 64.2 cm³/mol. The van der Waals surface area contributed by atoms with Crippen molar-refractivity contribution in [3.63, 3.8) is 0 Å². The minimum Gasteiger partial charge on any atom is -0.390 e. The van der Waals surface area contributed by atoms with Gasteiger partial charge in [-0.25, -0.2) is 0 Å². The van der Waals surface area contributed by atoms with Crippen LogP contribution in [-0.4, -0.2) is 20.8 Å². The molecule has 16 heavy (non-hydrogen) atoms. The van der Waals surface area contributed by atoms with Crippen molar-refractivity contribution in [2.45, 2.75) is 32.0 Å². The summed E-state index contributed by atoms with van der Waals surface area (Å²) >= 11 is 0. The fourth-order valence-electron chi connectivity index (χ4n) is 1.98. The van der Waals surface area contributed by atoms with Gasteiger partial charge in [-0.2, -0.15) is 0 Å². The zero-order valence-corrected chi connectivity index (χ0v) is 9.57. The highest BCUT2D eigenvalue weighted by atomic mass is 16.3. The molecular weight excluding hydrogens is 202 g/mol. The molecule has 1 aromatic heterocycles. The number of rotatable bonds is 3. The summed E-state index contributed by atoms with van der Waals surface area (Å²) in [6.45, 7) is 3.40. The molecule has 86 valence electrons. The number of hydrogen-bond donors (Lipinski definition) is 3. The molecule has 3 N–H and O–H groups in total. The minimum absolute atomic E-state index is 0.331. The zero-order valence-electron chi connectivity index (χ0n) is 9.57. The minimum atomic E-state index is -0.863. The number of hydrogen-bond acceptors (Lipinski definition) is 2. The topological polar surface area (TPSA) is 56.2 Å². The highest BCUT2D eigenvalue weighted by molar-refractivity contribution is 5.83. The summed E-state index contributed by atoms with van der Waals surface area (Å²) in [5.74, 6) is 0. The highest BCUT2D eigenvalue weighted by Crippen LogP contribution is 2.28. The zero-order chi connectivity index (χ0) is 11.8. The number of nitrogens with one attached hydrogen (secondary N) is 1. The van der Waals surface area contributed by atoms with Crippen LogP contribution in [0.5, 0.6) is 0 Å². The normalized spacial score (nSPS) is 14.2. The Morgan fingerprint density at radius 1 is 1.31 bits per heavy atom. The van der Waals surface area contributed by atoms with Crippen molar-refractivity contribution in [1.29, 1.82) is 0 Å². The van der Waals surface area contributed by atoms with Crippen molar-refractivity contribution >= 4 is 10.9 Å². The summed E-state index contributed by atoms with van der Waals surface area (Å²) < 4.78 is 0. The summed E-state index contributed by atoms with van der Waals surface area (Å²) in [5.41, 5.74) is 1.01. The number of H-pyrrole nitrogens is 1. The Morgan fingerprint density at radius 2 is 2.06 bits per heavy atom. The summed E-state index contributed by atoms with van der Waals surface area (Å²) in [5, 5.41) is 20.8. The molecule has 0 fully saturated rings. The van der Waals surface area contributed by atoms with Gasteiger partial charge in [0.15, 0.2) is 0 Å². The van der Waals surface area contributed by atoms with Crippen LogP contribution in [0, 0.1) is 0 Å². The summed E-state index contributed by atoms with van der Waals surface area (Å²) in [6.07, 6.45) is 1.54. The molecule has 1 heterocycles. The maximum absolute atomic E-state index is 10.1. The van der Waals surface area contributed by atoms with Gasteiger partial charge in [0.25, 0.3) is 0 Å². The second-order valence-electron chi connectivity index (χ2n) is 4.82. The van der Waals surface area contributed by atoms with Crippen LogP contribution in [0.1, 0.15) is 31.9 Å². The molecule has 0 aliphatic heterocycles. The van der Waals surface area contributed by atoms with Gasteiger partial charge in [-0.1, -0.05) is 12.1 Å². The van der Waals surface area contributed by atoms with Crippen molar-refractivity contribution in [3.05, 3.63) is 36.0 Å². The molecule has 0 amide bonds. The lowest BCUT2D eigenvalue weighted by Crippen LogP contribution is -2.22. The molecule has 1 unspecified atom stereocenters. The summed E-state index contributed by atoms with van der Waals surface area (Å²) in [4.78, 5) is 3.10. The Kier molecular flexibility index (Phi) is 2.74. The first-order chi connectivity index (χ1) is 7.47. The van der Waals surface area contributed by atoms with Crippen molar-refractivity contribution in [3.8, 4) is 0 Å². The average molecular weight is 219 g/mol. The molecule has 2 rings (SSSR count). The van der Waals surface area contributed by atoms with Crippen LogP contribution in [-0.2, 0) is 0 Å². The van der Waals surface area contributed by atoms with Gasteiger partial charge in [0, 0.05) is 23.5 Å². The van der Waals surface area contributed by atoms with Crippen molar-refractivity contribution in [2.24, 2.45) is 0 Å². The lowest BCUT2D eigenvalue weighted by molar-refractivity contribution is 0.0184. The third kappa shape index (κ3) is 2.26. The molecule has 3 heteroatoms. The monoisotopic (exact) mass is 219 g/mol. The van der Waals surface area contributed by atoms with E-state index >= 15 is 0 Å². The molecule has 0 saturated heterocycles. The van der Waals surface area contributed by atoms with Gasteiger partial charge in [-0.3, -0.25) is 0 Å². The number of aromatic amines is 1. The smallest absolute Gasteiger partial charge is 0.0823 e. The fourth-order valence-corrected chi connectivity index (χ4v) is 1.98. The summed E-state index contributed by atoms with van der Waals surface area (Å²) in [7, 11) is 0. The lowest BCUT2D eigenvalue weighted by Gasteiger charge is -2.21. The summed E-state index contributed by atoms with van der Waals surface area (Å²) in [6, 6.07) is 7.71. The molecule has 1 aromatic carbocycles. The van der Waals surface area contributed by atoms with Crippen LogP contribution in [0.2, 0.25) is 0 Å². The number of benzene rings is 1. The van der Waals surface area contributed by atoms with Crippen LogP contribution in [0.3, 0.4) is 0 Å². The molecule has 0 aliphatic carbocycles. The largest absolute Gasteiger partial charge is 0.390 e. The number of aromatic nitrogens is 1. The molecule has 0 aliphatic rings. The Hall–Kier alpha value is -1.32. The van der Waals surface area contributed by atoms with E-state index in [0.29, 0.717) is 6.42 Å². The van der Waals surface area contributed by atoms with Gasteiger partial charge in [0.1, 0.15) is 0 Å². The lowest BCUT2D eigenvalue weighted by atomic mass is 9.94. The third-order valence-corrected chi connectivity index (χ3v) is 2.68. The van der Waals surface area contributed by atoms with E-state index in [-0.39, 0.29) is 0 Å². The third-order valence-electron chi connectivity index (χ3n) is 2.68. The molecule has 0 bridgehead atoms. The van der Waals surface area contributed by atoms with Crippen LogP contribution in [0.25, 0.3) is 10.9 Å². The van der Waals surface area contributed by atoms with E-state index in [4.69, 9.17) is 0 Å². The predicted octanol–water partition coefficient (Wildman–Crippen LogP) is 2.36. The molecular formula is C13H17NO2. The number of aliphatic hydroxyl groups is 2. The Morgan fingerprint density at radius 3 is 2.75 bits per heavy atom. The standard InChI is InChI=1S/C13H17NO2/c1-13(2,16)8-12(15)10-4-3-5-11-9(10)6-7-14-11/h3-7,12,14-16H,8H2,1-2H3. The van der Waals surface area contributed by atoms with Crippen LogP contribution >= 0.6 is 0 Å². The maximum Gasteiger partial charge on any atom is 0.0823 e. The fraction of sp³-hybridized carbons (Fsp3) is 0.385. The Bertz CT molecular complexity index is 482. The van der Waals surface area contributed by atoms with Gasteiger partial charge in [-0.05, 0) is 31.5 Å². The first-order valence-electron chi connectivity index (χ1n) is 5.44. The van der Waals surface area contributed by atoms with Crippen molar-refractivity contribution in [1.82, 2.24) is 4.98 Å². The van der Waals surface area contributed by atoms with Crippen LogP contribution < -0.4 is 0 Å². The average Bonchev–Trinajstić information content (AvgIpc) is 2.61. The van der Waals surface area contributed by atoms with Crippen molar-refractivity contribution < 1.29 is 10.2 Å². The molecule has 0 radical (unpaired) electrons. The molecule has 2 aromatic rings. The SMILES string of the molecule is CC(C)(O)CC(O)c1cccc2[nH]ccc12. The van der Waals surface area contributed by atoms with Gasteiger partial charge >= 0.3 is 0 Å². The Labute approximate surface area is 94.7 Å². The quantitative estimate of drug-likeness (QED) is 0.742. The highest BCUT2D eigenvalue weighted by Gasteiger charge is 2.21. The van der Waals surface area contributed by atoms with Crippen molar-refractivity contribution in [2.75, 3.05) is 0 Å². The van der Waals surface area contributed by atoms with E-state index in [1.807, 2.05) is 30.5 Å². The molecule has 1 atom stereocenters. The van der Waals surface area contributed by atoms with E-state index in [2.05, 4.69) is 4.98 Å². The molecule has 3 nitrogen and oxygen atoms in total. The van der Waals surface area contributed by atoms with Crippen LogP contribution in [0.15, 0.2) is 30.5 Å². The number of aliphatic hydroxyl groups excluding tert-OH is 1. The van der Waals surface area contributed by atoms with E-state index in [9.17, 15) is 10.2 Å². The van der Waals surface area contributed by atoms with Gasteiger partial charge in [0.05, 0.1) is 11.7 Å². The van der Waals surface area contributed by atoms with Gasteiger partial charge < -0.3 is 15.2 Å². The van der Waals surface area contributed by atoms with E-state index in [1.54, 1.807) is 13.8 Å². The first kappa shape index (κ1) is 11.2. The molecule has 0 spiro atoms. The molecule has 0 saturated carbocycles. The number of fused-ring (bicyclic) bond motifs is 1. The maximum atomic E-state index is 10.1. The van der Waals surface area contributed by atoms with Gasteiger partial charge in [0.2, 0.25) is 0 Å². The first-order valence-corrected chi connectivity index (χ1v) is 5.44. The second kappa shape index (κ2) is 3.92. The van der Waals surface area contributed by atoms with E-state index in [1.165, 1.54) is 0 Å². The van der Waals surface area contributed by atoms with Crippen LogP contribution in [0.4, 0.5) is 0 Å². The van der Waals surface area contributed by atoms with E-state index < -0.39 is 11.7 Å². The second-order valence-corrected chi connectivity index (χ2v) is 4.82. The van der Waals surface area contributed by atoms with Gasteiger partial charge in [-0.15, -0.1) is 0 Å². The Balaban J connectivity index is 2.36. The van der Waals surface area contributed by atoms with E-state index in [0.717, 1.165) is 16.5 Å².